The van der Waals surface area contributed by atoms with E-state index >= 15 is 0 Å². The van der Waals surface area contributed by atoms with Crippen LogP contribution in [0.1, 0.15) is 33.6 Å². The van der Waals surface area contributed by atoms with Crippen molar-refractivity contribution in [1.82, 2.24) is 4.57 Å². The zero-order valence-corrected chi connectivity index (χ0v) is 9.15. The fourth-order valence-electron chi connectivity index (χ4n) is 0.666. The van der Waals surface area contributed by atoms with E-state index in [0.717, 1.165) is 6.04 Å². The van der Waals surface area contributed by atoms with Crippen molar-refractivity contribution in [3.8, 4) is 0 Å². The minimum absolute atomic E-state index is 0.767. The van der Waals surface area contributed by atoms with Crippen molar-refractivity contribution in [3.63, 3.8) is 0 Å². The van der Waals surface area contributed by atoms with Gasteiger partial charge in [-0.3, -0.25) is 0 Å². The summed E-state index contributed by atoms with van der Waals surface area (Å²) < 4.78 is 2.52. The summed E-state index contributed by atoms with van der Waals surface area (Å²) in [7, 11) is 1.22. The Kier molecular flexibility index (Phi) is 5.10. The molecule has 0 aromatic carbocycles. The van der Waals surface area contributed by atoms with Gasteiger partial charge in [-0.25, -0.2) is 0 Å². The predicted molar refractivity (Wildman–Crippen MR) is 46.7 cm³/mol. The van der Waals surface area contributed by atoms with Crippen molar-refractivity contribution < 1.29 is 0 Å². The molecule has 0 saturated carbocycles. The summed E-state index contributed by atoms with van der Waals surface area (Å²) in [6, 6.07) is 0.767. The van der Waals surface area contributed by atoms with Crippen LogP contribution in [0.4, 0.5) is 0 Å². The van der Waals surface area contributed by atoms with Crippen LogP contribution in [0.25, 0.3) is 0 Å². The lowest BCUT2D eigenvalue weighted by Gasteiger charge is -2.20. The van der Waals surface area contributed by atoms with E-state index in [0.29, 0.717) is 0 Å². The molecule has 0 atom stereocenters. The zero-order chi connectivity index (χ0) is 7.28. The third-order valence-corrected chi connectivity index (χ3v) is 3.23. The highest BCUT2D eigenvalue weighted by molar-refractivity contribution is 6.04. The van der Waals surface area contributed by atoms with Crippen molar-refractivity contribution >= 4 is 10.4 Å². The maximum atomic E-state index is 2.52. The van der Waals surface area contributed by atoms with Gasteiger partial charge < -0.3 is 4.57 Å². The third kappa shape index (κ3) is 4.67. The Bertz CT molecular complexity index is 63.9. The molecule has 0 fully saturated rings. The van der Waals surface area contributed by atoms with Crippen LogP contribution >= 0.6 is 0 Å². The number of hydrogen-bond donors (Lipinski definition) is 0. The smallest absolute Gasteiger partial charge is 0.0787 e. The largest absolute Gasteiger partial charge is 0.330 e. The van der Waals surface area contributed by atoms with E-state index in [1.54, 1.807) is 0 Å². The molecule has 9 heavy (non-hydrogen) atoms. The van der Waals surface area contributed by atoms with Crippen LogP contribution in [-0.4, -0.2) is 27.6 Å². The van der Waals surface area contributed by atoms with E-state index in [1.165, 1.54) is 29.8 Å². The van der Waals surface area contributed by atoms with E-state index < -0.39 is 0 Å². The molecule has 0 heterocycles. The topological polar surface area (TPSA) is 3.24 Å². The van der Waals surface area contributed by atoms with E-state index in [1.807, 2.05) is 0 Å². The molecule has 1 nitrogen and oxygen atoms in total. The van der Waals surface area contributed by atoms with Crippen LogP contribution in [0, 0.1) is 0 Å². The summed E-state index contributed by atoms with van der Waals surface area (Å²) in [5, 5.41) is 0. The maximum absolute atomic E-state index is 2.52. The average Bonchev–Trinajstić information content (AvgIpc) is 1.82. The first-order valence-electron chi connectivity index (χ1n) is 3.88. The molecule has 0 aromatic rings. The molecule has 0 aliphatic rings. The van der Waals surface area contributed by atoms with Gasteiger partial charge in [-0.15, -0.1) is 0 Å². The molecular weight excluding hydrogens is 126 g/mol. The molecule has 0 saturated heterocycles. The Hall–Kier alpha value is 0.177. The lowest BCUT2D eigenvalue weighted by atomic mass is 10.3. The molecule has 0 amide bonds. The first-order valence-corrected chi connectivity index (χ1v) is 4.78. The minimum atomic E-state index is 0.767. The zero-order valence-electron chi connectivity index (χ0n) is 7.15. The second-order valence-corrected chi connectivity index (χ2v) is 4.08. The van der Waals surface area contributed by atoms with Crippen LogP contribution < -0.4 is 0 Å². The van der Waals surface area contributed by atoms with Gasteiger partial charge in [0.05, 0.1) is 10.4 Å². The average molecular weight is 145 g/mol. The fourth-order valence-corrected chi connectivity index (χ4v) is 0.982. The second kappa shape index (κ2) is 5.00. The predicted octanol–water partition coefficient (Wildman–Crippen LogP) is 0.777. The minimum Gasteiger partial charge on any atom is -0.330 e. The van der Waals surface area contributed by atoms with Crippen LogP contribution in [0.3, 0.4) is 0 Å². The second-order valence-electron chi connectivity index (χ2n) is 2.93. The Morgan fingerprint density at radius 2 is 2.00 bits per heavy atom. The summed E-state index contributed by atoms with van der Waals surface area (Å²) in [6.45, 7) is 8.08. The van der Waals surface area contributed by atoms with Crippen LogP contribution in [-0.2, 0) is 0 Å². The Balaban J connectivity index is 3.16. The van der Waals surface area contributed by atoms with Gasteiger partial charge in [0.25, 0.3) is 0 Å². The maximum Gasteiger partial charge on any atom is 0.0787 e. The molecule has 0 unspecified atom stereocenters. The molecule has 0 rings (SSSR count). The first-order chi connectivity index (χ1) is 4.18. The lowest BCUT2D eigenvalue weighted by Crippen LogP contribution is -2.28. The van der Waals surface area contributed by atoms with Crippen LogP contribution in [0.5, 0.6) is 0 Å². The normalized spacial score (nSPS) is 11.7. The van der Waals surface area contributed by atoms with Crippen molar-refractivity contribution in [2.24, 2.45) is 0 Å². The monoisotopic (exact) mass is 145 g/mol. The summed E-state index contributed by atoms with van der Waals surface area (Å²) in [5.74, 6) is 0. The van der Waals surface area contributed by atoms with Crippen molar-refractivity contribution in [2.45, 2.75) is 39.7 Å². The molecule has 0 bridgehead atoms. The quantitative estimate of drug-likeness (QED) is 0.528. The molecule has 0 radical (unpaired) electrons. The third-order valence-electron chi connectivity index (χ3n) is 1.75. The highest BCUT2D eigenvalue weighted by Gasteiger charge is 1.99. The van der Waals surface area contributed by atoms with Crippen LogP contribution in [0.2, 0.25) is 0 Å². The Morgan fingerprint density at radius 3 is 2.33 bits per heavy atom. The van der Waals surface area contributed by atoms with Gasteiger partial charge in [-0.05, 0) is 19.0 Å². The van der Waals surface area contributed by atoms with Crippen LogP contribution in [0.15, 0.2) is 0 Å². The van der Waals surface area contributed by atoms with Gasteiger partial charge >= 0.3 is 0 Å². The van der Waals surface area contributed by atoms with Gasteiger partial charge in [0, 0.05) is 0 Å². The first kappa shape index (κ1) is 9.18. The van der Waals surface area contributed by atoms with E-state index in [9.17, 15) is 0 Å². The Labute approximate surface area is 61.9 Å². The van der Waals surface area contributed by atoms with E-state index in [-0.39, 0.29) is 0 Å². The summed E-state index contributed by atoms with van der Waals surface area (Å²) in [5.41, 5.74) is 0. The summed E-state index contributed by atoms with van der Waals surface area (Å²) in [6.07, 6.45) is 2.69. The van der Waals surface area contributed by atoms with Gasteiger partial charge in [-0.1, -0.05) is 27.2 Å². The molecule has 0 spiro atoms. The number of rotatable bonds is 4. The standard InChI is InChI=1S/C7H19NSi/c1-4-5-6-8(9)7(2)3/h7H,4-6H2,1-3,9H3. The highest BCUT2D eigenvalue weighted by Crippen LogP contribution is 1.95. The Morgan fingerprint density at radius 1 is 1.44 bits per heavy atom. The van der Waals surface area contributed by atoms with E-state index in [2.05, 4.69) is 25.3 Å². The molecule has 0 N–H and O–H groups in total. The molecule has 0 aromatic heterocycles. The molecule has 56 valence electrons. The summed E-state index contributed by atoms with van der Waals surface area (Å²) in [4.78, 5) is 0. The molecule has 2 heteroatoms. The fraction of sp³-hybridized carbons (Fsp3) is 1.00. The lowest BCUT2D eigenvalue weighted by molar-refractivity contribution is 0.372. The summed E-state index contributed by atoms with van der Waals surface area (Å²) >= 11 is 0. The van der Waals surface area contributed by atoms with Crippen molar-refractivity contribution in [2.75, 3.05) is 6.54 Å². The van der Waals surface area contributed by atoms with Gasteiger partial charge in [0.2, 0.25) is 0 Å². The van der Waals surface area contributed by atoms with E-state index in [4.69, 9.17) is 0 Å². The SMILES string of the molecule is CCCCN([SiH3])C(C)C. The van der Waals surface area contributed by atoms with Gasteiger partial charge in [0.1, 0.15) is 0 Å². The van der Waals surface area contributed by atoms with Crippen molar-refractivity contribution in [1.29, 1.82) is 0 Å². The molecule has 0 aliphatic carbocycles. The highest BCUT2D eigenvalue weighted by atomic mass is 28.2. The molecular formula is C7H19NSi. The molecule has 0 aliphatic heterocycles. The van der Waals surface area contributed by atoms with Gasteiger partial charge in [-0.2, -0.15) is 0 Å². The number of unbranched alkanes of at least 4 members (excludes halogenated alkanes) is 1. The van der Waals surface area contributed by atoms with Crippen molar-refractivity contribution in [3.05, 3.63) is 0 Å². The van der Waals surface area contributed by atoms with Gasteiger partial charge in [0.15, 0.2) is 0 Å². The number of nitrogens with zero attached hydrogens (tertiary/aromatic N) is 1. The number of hydrogen-bond acceptors (Lipinski definition) is 1.